The maximum Gasteiger partial charge on any atom is 0.416 e. The van der Waals surface area contributed by atoms with Crippen molar-refractivity contribution >= 4 is 27.3 Å². The highest BCUT2D eigenvalue weighted by atomic mass is 35.5. The smallest absolute Gasteiger partial charge is 0.391 e. The molecule has 1 saturated heterocycles. The van der Waals surface area contributed by atoms with Crippen LogP contribution in [0.2, 0.25) is 5.02 Å². The summed E-state index contributed by atoms with van der Waals surface area (Å²) >= 11 is 5.82. The predicted molar refractivity (Wildman–Crippen MR) is 103 cm³/mol. The lowest BCUT2D eigenvalue weighted by molar-refractivity contribution is -0.137. The molecule has 0 unspecified atom stereocenters. The van der Waals surface area contributed by atoms with Crippen molar-refractivity contribution in [3.63, 3.8) is 0 Å². The molecule has 5 nitrogen and oxygen atoms in total. The van der Waals surface area contributed by atoms with E-state index in [1.807, 2.05) is 12.1 Å². The number of rotatable bonds is 5. The summed E-state index contributed by atoms with van der Waals surface area (Å²) in [4.78, 5) is 4.94. The van der Waals surface area contributed by atoms with Crippen LogP contribution in [0.5, 0.6) is 0 Å². The average molecular weight is 447 g/mol. The summed E-state index contributed by atoms with van der Waals surface area (Å²) in [6.07, 6.45) is -3.91. The Labute approximate surface area is 171 Å². The highest BCUT2D eigenvalue weighted by Crippen LogP contribution is 2.31. The molecule has 10 heteroatoms. The number of piperidine rings is 1. The van der Waals surface area contributed by atoms with Gasteiger partial charge in [0.25, 0.3) is 0 Å². The SMILES string of the molecule is O=S(=O)(c1cccc(C(F)(F)F)c1)N1CCC(=NOCc2ccc(Cl)cc2)CC1. The number of benzene rings is 2. The lowest BCUT2D eigenvalue weighted by atomic mass is 10.1. The van der Waals surface area contributed by atoms with Crippen molar-refractivity contribution in [2.75, 3.05) is 13.1 Å². The minimum absolute atomic E-state index is 0.127. The van der Waals surface area contributed by atoms with Gasteiger partial charge in [-0.25, -0.2) is 8.42 Å². The van der Waals surface area contributed by atoms with E-state index in [9.17, 15) is 21.6 Å². The summed E-state index contributed by atoms with van der Waals surface area (Å²) in [6, 6.07) is 10.9. The number of alkyl halides is 3. The summed E-state index contributed by atoms with van der Waals surface area (Å²) in [5, 5.41) is 4.67. The van der Waals surface area contributed by atoms with Crippen LogP contribution >= 0.6 is 11.6 Å². The fraction of sp³-hybridized carbons (Fsp3) is 0.316. The predicted octanol–water partition coefficient (Wildman–Crippen LogP) is 4.72. The summed E-state index contributed by atoms with van der Waals surface area (Å²) in [6.45, 7) is 0.510. The van der Waals surface area contributed by atoms with Crippen LogP contribution in [0.15, 0.2) is 58.6 Å². The zero-order chi connectivity index (χ0) is 21.1. The van der Waals surface area contributed by atoms with Gasteiger partial charge >= 0.3 is 6.18 Å². The quantitative estimate of drug-likeness (QED) is 0.624. The van der Waals surface area contributed by atoms with Gasteiger partial charge in [0, 0.05) is 31.0 Å². The van der Waals surface area contributed by atoms with Gasteiger partial charge in [-0.2, -0.15) is 17.5 Å². The fourth-order valence-electron chi connectivity index (χ4n) is 2.84. The molecule has 1 aliphatic heterocycles. The molecule has 0 saturated carbocycles. The lowest BCUT2D eigenvalue weighted by Gasteiger charge is -2.26. The number of sulfonamides is 1. The number of halogens is 4. The summed E-state index contributed by atoms with van der Waals surface area (Å²) in [7, 11) is -4.01. The van der Waals surface area contributed by atoms with Gasteiger partial charge in [-0.05, 0) is 35.9 Å². The van der Waals surface area contributed by atoms with E-state index in [4.69, 9.17) is 16.4 Å². The molecule has 3 rings (SSSR count). The third kappa shape index (κ3) is 5.49. The van der Waals surface area contributed by atoms with Gasteiger partial charge in [-0.1, -0.05) is 35.0 Å². The van der Waals surface area contributed by atoms with E-state index in [1.165, 1.54) is 10.4 Å². The van der Waals surface area contributed by atoms with Gasteiger partial charge in [0.2, 0.25) is 10.0 Å². The first-order valence-electron chi connectivity index (χ1n) is 8.76. The first-order valence-corrected chi connectivity index (χ1v) is 10.6. The van der Waals surface area contributed by atoms with Gasteiger partial charge in [-0.15, -0.1) is 0 Å². The number of hydrogen-bond donors (Lipinski definition) is 0. The van der Waals surface area contributed by atoms with Crippen molar-refractivity contribution in [2.45, 2.75) is 30.5 Å². The van der Waals surface area contributed by atoms with Crippen molar-refractivity contribution in [1.29, 1.82) is 0 Å². The highest BCUT2D eigenvalue weighted by molar-refractivity contribution is 7.89. The van der Waals surface area contributed by atoms with E-state index in [1.54, 1.807) is 12.1 Å². The molecule has 0 aliphatic carbocycles. The van der Waals surface area contributed by atoms with E-state index < -0.39 is 21.8 Å². The van der Waals surface area contributed by atoms with Crippen LogP contribution in [0.4, 0.5) is 13.2 Å². The maximum atomic E-state index is 12.9. The van der Waals surface area contributed by atoms with Gasteiger partial charge in [-0.3, -0.25) is 0 Å². The molecule has 29 heavy (non-hydrogen) atoms. The van der Waals surface area contributed by atoms with E-state index in [2.05, 4.69) is 5.16 Å². The van der Waals surface area contributed by atoms with Crippen LogP contribution in [-0.4, -0.2) is 31.5 Å². The Bertz CT molecular complexity index is 983. The first-order chi connectivity index (χ1) is 13.7. The molecule has 0 radical (unpaired) electrons. The molecule has 0 spiro atoms. The molecule has 0 atom stereocenters. The largest absolute Gasteiger partial charge is 0.416 e. The molecule has 2 aromatic carbocycles. The molecule has 1 aliphatic rings. The van der Waals surface area contributed by atoms with Crippen LogP contribution in [0.3, 0.4) is 0 Å². The van der Waals surface area contributed by atoms with Crippen molar-refractivity contribution in [2.24, 2.45) is 5.16 Å². The number of oxime groups is 1. The topological polar surface area (TPSA) is 59.0 Å². The number of nitrogens with zero attached hydrogens (tertiary/aromatic N) is 2. The molecule has 2 aromatic rings. The zero-order valence-electron chi connectivity index (χ0n) is 15.2. The average Bonchev–Trinajstić information content (AvgIpc) is 2.69. The van der Waals surface area contributed by atoms with Crippen molar-refractivity contribution in [1.82, 2.24) is 4.31 Å². The standard InChI is InChI=1S/C19H18ClF3N2O3S/c20-16-6-4-14(5-7-16)13-28-24-17-8-10-25(11-9-17)29(26,27)18-3-1-2-15(12-18)19(21,22)23/h1-7,12H,8-11,13H2. The fourth-order valence-corrected chi connectivity index (χ4v) is 4.45. The highest BCUT2D eigenvalue weighted by Gasteiger charge is 2.33. The third-order valence-corrected chi connectivity index (χ3v) is 6.58. The normalized spacial score (nSPS) is 15.9. The Morgan fingerprint density at radius 2 is 1.72 bits per heavy atom. The van der Waals surface area contributed by atoms with Crippen LogP contribution < -0.4 is 0 Å². The molecular formula is C19H18ClF3N2O3S. The van der Waals surface area contributed by atoms with Gasteiger partial charge in [0.15, 0.2) is 0 Å². The number of hydrogen-bond acceptors (Lipinski definition) is 4. The molecule has 1 heterocycles. The third-order valence-electron chi connectivity index (χ3n) is 4.44. The van der Waals surface area contributed by atoms with E-state index in [-0.39, 0.29) is 24.6 Å². The second-order valence-electron chi connectivity index (χ2n) is 6.49. The van der Waals surface area contributed by atoms with E-state index in [0.717, 1.165) is 17.7 Å². The van der Waals surface area contributed by atoms with Gasteiger partial charge in [0.1, 0.15) is 6.61 Å². The minimum Gasteiger partial charge on any atom is -0.391 e. The molecule has 156 valence electrons. The van der Waals surface area contributed by atoms with Crippen LogP contribution in [0.25, 0.3) is 0 Å². The zero-order valence-corrected chi connectivity index (χ0v) is 16.8. The molecule has 0 amide bonds. The molecular weight excluding hydrogens is 429 g/mol. The van der Waals surface area contributed by atoms with Crippen molar-refractivity contribution in [3.8, 4) is 0 Å². The Balaban J connectivity index is 1.60. The minimum atomic E-state index is -4.60. The van der Waals surface area contributed by atoms with Crippen molar-refractivity contribution < 1.29 is 26.4 Å². The Kier molecular flexibility index (Phi) is 6.50. The Morgan fingerprint density at radius 3 is 2.34 bits per heavy atom. The Morgan fingerprint density at radius 1 is 1.07 bits per heavy atom. The van der Waals surface area contributed by atoms with Crippen LogP contribution in [0, 0.1) is 0 Å². The second kappa shape index (κ2) is 8.73. The van der Waals surface area contributed by atoms with Crippen LogP contribution in [-0.2, 0) is 27.6 Å². The summed E-state index contributed by atoms with van der Waals surface area (Å²) in [5.41, 5.74) is 0.603. The lowest BCUT2D eigenvalue weighted by Crippen LogP contribution is -2.38. The molecule has 1 fully saturated rings. The first kappa shape index (κ1) is 21.6. The van der Waals surface area contributed by atoms with E-state index >= 15 is 0 Å². The summed E-state index contributed by atoms with van der Waals surface area (Å²) in [5.74, 6) is 0. The summed E-state index contributed by atoms with van der Waals surface area (Å²) < 4.78 is 65.1. The maximum absolute atomic E-state index is 12.9. The second-order valence-corrected chi connectivity index (χ2v) is 8.86. The Hall–Kier alpha value is -2.10. The molecule has 0 N–H and O–H groups in total. The molecule has 0 bridgehead atoms. The van der Waals surface area contributed by atoms with E-state index in [0.29, 0.717) is 29.6 Å². The van der Waals surface area contributed by atoms with Gasteiger partial charge in [0.05, 0.1) is 16.2 Å². The van der Waals surface area contributed by atoms with Crippen LogP contribution in [0.1, 0.15) is 24.0 Å². The monoisotopic (exact) mass is 446 g/mol. The molecule has 0 aromatic heterocycles. The van der Waals surface area contributed by atoms with Crippen molar-refractivity contribution in [3.05, 3.63) is 64.7 Å². The van der Waals surface area contributed by atoms with Gasteiger partial charge < -0.3 is 4.84 Å².